The van der Waals surface area contributed by atoms with Crippen molar-refractivity contribution in [3.05, 3.63) is 52.2 Å². The Kier molecular flexibility index (Phi) is 4.03. The monoisotopic (exact) mass is 371 g/mol. The molecule has 10 heteroatoms. The predicted octanol–water partition coefficient (Wildman–Crippen LogP) is 3.56. The van der Waals surface area contributed by atoms with Crippen LogP contribution in [0.2, 0.25) is 0 Å². The molecule has 1 aliphatic carbocycles. The molecular weight excluding hydrogens is 363 g/mol. The van der Waals surface area contributed by atoms with Crippen LogP contribution in [0.5, 0.6) is 5.75 Å². The molecule has 0 fully saturated rings. The number of Topliss-reactive ketones (excluding diaryl/α,β-unsaturated/α-hetero) is 2. The molecule has 1 aliphatic rings. The number of fused-ring (bicyclic) bond motifs is 1. The van der Waals surface area contributed by atoms with Crippen LogP contribution in [-0.2, 0) is 0 Å². The van der Waals surface area contributed by atoms with Gasteiger partial charge in [0.1, 0.15) is 33.7 Å². The Bertz CT molecular complexity index is 901. The fourth-order valence-electron chi connectivity index (χ4n) is 2.26. The molecule has 0 atom stereocenters. The zero-order valence-electron chi connectivity index (χ0n) is 12.5. The van der Waals surface area contributed by atoms with Gasteiger partial charge in [0.2, 0.25) is 11.6 Å². The molecule has 0 radical (unpaired) electrons. The molecule has 0 amide bonds. The summed E-state index contributed by atoms with van der Waals surface area (Å²) < 4.78 is 40.2. The lowest BCUT2D eigenvalue weighted by Crippen LogP contribution is -2.24. The van der Waals surface area contributed by atoms with Crippen LogP contribution in [0, 0.1) is 6.92 Å². The Morgan fingerprint density at radius 1 is 1.16 bits per heavy atom. The van der Waals surface area contributed by atoms with Gasteiger partial charge in [-0.25, -0.2) is 4.98 Å². The molecule has 6 nitrogen and oxygen atoms in total. The van der Waals surface area contributed by atoms with E-state index in [9.17, 15) is 22.8 Å². The van der Waals surface area contributed by atoms with Crippen molar-refractivity contribution in [3.8, 4) is 5.75 Å². The number of carbonyl (C=O) groups is 2. The number of allylic oxidation sites excluding steroid dienone is 2. The van der Waals surface area contributed by atoms with E-state index in [2.05, 4.69) is 20.0 Å². The van der Waals surface area contributed by atoms with Crippen LogP contribution in [0.15, 0.2) is 35.0 Å². The number of hydrogen-bond donors (Lipinski definition) is 2. The molecule has 25 heavy (non-hydrogen) atoms. The number of nitrogens with one attached hydrogen (secondary N) is 2. The third-order valence-corrected chi connectivity index (χ3v) is 3.63. The lowest BCUT2D eigenvalue weighted by atomic mass is 10.0. The summed E-state index contributed by atoms with van der Waals surface area (Å²) in [5, 5.41) is 2.30. The van der Waals surface area contributed by atoms with Crippen molar-refractivity contribution in [2.45, 2.75) is 13.3 Å². The number of carbonyl (C=O) groups excluding carboxylic acids is 2. The molecule has 1 aromatic carbocycles. The maximum atomic E-state index is 12.4. The van der Waals surface area contributed by atoms with E-state index in [-0.39, 0.29) is 27.8 Å². The number of anilines is 1. The molecule has 0 bridgehead atoms. The van der Waals surface area contributed by atoms with Gasteiger partial charge in [-0.05, 0) is 31.2 Å². The van der Waals surface area contributed by atoms with Crippen molar-refractivity contribution in [3.63, 3.8) is 0 Å². The number of hydrogen-bond acceptors (Lipinski definition) is 5. The molecule has 2 aromatic rings. The van der Waals surface area contributed by atoms with Crippen LogP contribution in [0.25, 0.3) is 0 Å². The highest BCUT2D eigenvalue weighted by Gasteiger charge is 2.35. The molecule has 0 unspecified atom stereocenters. The van der Waals surface area contributed by atoms with Crippen LogP contribution in [-0.4, -0.2) is 27.9 Å². The molecule has 3 rings (SSSR count). The van der Waals surface area contributed by atoms with Crippen LogP contribution in [0.4, 0.5) is 18.9 Å². The highest BCUT2D eigenvalue weighted by Crippen LogP contribution is 2.29. The molecule has 0 saturated heterocycles. The van der Waals surface area contributed by atoms with Gasteiger partial charge in [-0.2, -0.15) is 0 Å². The Balaban J connectivity index is 1.86. The van der Waals surface area contributed by atoms with E-state index in [1.807, 2.05) is 0 Å². The van der Waals surface area contributed by atoms with Crippen LogP contribution >= 0.6 is 11.6 Å². The summed E-state index contributed by atoms with van der Waals surface area (Å²) in [4.78, 5) is 31.2. The van der Waals surface area contributed by atoms with E-state index in [1.54, 1.807) is 6.92 Å². The van der Waals surface area contributed by atoms with Crippen molar-refractivity contribution < 1.29 is 27.5 Å². The zero-order chi connectivity index (χ0) is 18.4. The number of halogens is 4. The van der Waals surface area contributed by atoms with E-state index in [4.69, 9.17) is 11.6 Å². The van der Waals surface area contributed by atoms with E-state index < -0.39 is 23.7 Å². The predicted molar refractivity (Wildman–Crippen MR) is 81.6 cm³/mol. The first kappa shape index (κ1) is 17.0. The summed E-state index contributed by atoms with van der Waals surface area (Å²) in [7, 11) is 0. The third-order valence-electron chi connectivity index (χ3n) is 3.27. The summed E-state index contributed by atoms with van der Waals surface area (Å²) in [5.41, 5.74) is -0.00640. The number of rotatable bonds is 3. The minimum absolute atomic E-state index is 0.00646. The van der Waals surface area contributed by atoms with Gasteiger partial charge >= 0.3 is 6.36 Å². The van der Waals surface area contributed by atoms with Crippen LogP contribution < -0.4 is 10.1 Å². The SMILES string of the molecule is Cc1nc2c([nH]1)C(=O)C(Cl)=C(Nc1ccc(OC(F)(F)F)cc1)C2=O. The average molecular weight is 372 g/mol. The quantitative estimate of drug-likeness (QED) is 0.862. The topological polar surface area (TPSA) is 84.1 Å². The number of aromatic nitrogens is 2. The summed E-state index contributed by atoms with van der Waals surface area (Å²) in [6.45, 7) is 1.58. The van der Waals surface area contributed by atoms with Gasteiger partial charge in [-0.15, -0.1) is 13.2 Å². The number of aryl methyl sites for hydroxylation is 1. The standard InChI is InChI=1S/C15H9ClF3N3O3/c1-6-20-11-12(21-6)14(24)10(9(16)13(11)23)22-7-2-4-8(5-3-7)25-15(17,18)19/h2-5,22H,1H3,(H,20,21). The first-order valence-corrected chi connectivity index (χ1v) is 7.22. The minimum atomic E-state index is -4.80. The van der Waals surface area contributed by atoms with Crippen LogP contribution in [0.3, 0.4) is 0 Å². The van der Waals surface area contributed by atoms with E-state index in [0.717, 1.165) is 12.1 Å². The smallest absolute Gasteiger partial charge is 0.406 e. The second-order valence-electron chi connectivity index (χ2n) is 5.09. The van der Waals surface area contributed by atoms with Gasteiger partial charge in [-0.1, -0.05) is 11.6 Å². The van der Waals surface area contributed by atoms with E-state index >= 15 is 0 Å². The fraction of sp³-hybridized carbons (Fsp3) is 0.133. The highest BCUT2D eigenvalue weighted by atomic mass is 35.5. The summed E-state index contributed by atoms with van der Waals surface area (Å²) in [6, 6.07) is 4.62. The normalized spacial score (nSPS) is 14.6. The number of nitrogens with zero attached hydrogens (tertiary/aromatic N) is 1. The fourth-order valence-corrected chi connectivity index (χ4v) is 2.49. The third kappa shape index (κ3) is 3.36. The molecule has 130 valence electrons. The number of benzene rings is 1. The highest BCUT2D eigenvalue weighted by molar-refractivity contribution is 6.49. The summed E-state index contributed by atoms with van der Waals surface area (Å²) in [5.74, 6) is -1.24. The van der Waals surface area contributed by atoms with E-state index in [1.165, 1.54) is 12.1 Å². The van der Waals surface area contributed by atoms with Crippen molar-refractivity contribution >= 4 is 28.9 Å². The lowest BCUT2D eigenvalue weighted by molar-refractivity contribution is -0.274. The summed E-state index contributed by atoms with van der Waals surface area (Å²) in [6.07, 6.45) is -4.80. The van der Waals surface area contributed by atoms with Gasteiger partial charge in [0.05, 0.1) is 0 Å². The zero-order valence-corrected chi connectivity index (χ0v) is 13.2. The van der Waals surface area contributed by atoms with Crippen molar-refractivity contribution in [2.75, 3.05) is 5.32 Å². The Morgan fingerprint density at radius 3 is 2.40 bits per heavy atom. The summed E-state index contributed by atoms with van der Waals surface area (Å²) >= 11 is 5.96. The van der Waals surface area contributed by atoms with Gasteiger partial charge in [0, 0.05) is 5.69 Å². The van der Waals surface area contributed by atoms with Gasteiger partial charge in [0.25, 0.3) is 0 Å². The number of ketones is 2. The van der Waals surface area contributed by atoms with Gasteiger partial charge in [-0.3, -0.25) is 9.59 Å². The largest absolute Gasteiger partial charge is 0.573 e. The first-order valence-electron chi connectivity index (χ1n) is 6.84. The lowest BCUT2D eigenvalue weighted by Gasteiger charge is -2.16. The number of ether oxygens (including phenoxy) is 1. The van der Waals surface area contributed by atoms with E-state index in [0.29, 0.717) is 5.82 Å². The molecular formula is C15H9ClF3N3O3. The van der Waals surface area contributed by atoms with Crippen LogP contribution in [0.1, 0.15) is 26.8 Å². The number of H-pyrrole nitrogens is 1. The first-order chi connectivity index (χ1) is 11.7. The Labute approximate surface area is 143 Å². The molecule has 1 aromatic heterocycles. The number of aromatic amines is 1. The molecule has 2 N–H and O–H groups in total. The second kappa shape index (κ2) is 5.92. The average Bonchev–Trinajstić information content (AvgIpc) is 2.92. The Hall–Kier alpha value is -2.81. The molecule has 0 spiro atoms. The van der Waals surface area contributed by atoms with Gasteiger partial charge in [0.15, 0.2) is 0 Å². The maximum absolute atomic E-state index is 12.4. The van der Waals surface area contributed by atoms with Crippen molar-refractivity contribution in [1.29, 1.82) is 0 Å². The van der Waals surface area contributed by atoms with Crippen molar-refractivity contribution in [1.82, 2.24) is 9.97 Å². The van der Waals surface area contributed by atoms with Crippen molar-refractivity contribution in [2.24, 2.45) is 0 Å². The van der Waals surface area contributed by atoms with Gasteiger partial charge < -0.3 is 15.0 Å². The molecule has 0 saturated carbocycles. The Morgan fingerprint density at radius 2 is 1.80 bits per heavy atom. The second-order valence-corrected chi connectivity index (χ2v) is 5.47. The number of imidazole rings is 1. The maximum Gasteiger partial charge on any atom is 0.573 e. The number of alkyl halides is 3. The minimum Gasteiger partial charge on any atom is -0.406 e. The molecule has 1 heterocycles. The molecule has 0 aliphatic heterocycles.